The number of cyclic esters (lactones) is 1. The van der Waals surface area contributed by atoms with Gasteiger partial charge >= 0.3 is 6.09 Å². The summed E-state index contributed by atoms with van der Waals surface area (Å²) in [6.45, 7) is 2.44. The van der Waals surface area contributed by atoms with Gasteiger partial charge in [-0.2, -0.15) is 0 Å². The lowest BCUT2D eigenvalue weighted by atomic mass is 10.1. The minimum absolute atomic E-state index is 0.00528. The third-order valence-electron chi connectivity index (χ3n) is 2.26. The van der Waals surface area contributed by atoms with Crippen LogP contribution in [0.25, 0.3) is 0 Å². The number of amides is 1. The molecule has 0 radical (unpaired) electrons. The molecule has 1 N–H and O–H groups in total. The third-order valence-corrected chi connectivity index (χ3v) is 3.15. The van der Waals surface area contributed by atoms with Gasteiger partial charge in [-0.25, -0.2) is 4.79 Å². The van der Waals surface area contributed by atoms with Crippen LogP contribution in [0.5, 0.6) is 0 Å². The van der Waals surface area contributed by atoms with Crippen molar-refractivity contribution in [2.24, 2.45) is 0 Å². The fourth-order valence-corrected chi connectivity index (χ4v) is 1.70. The molecule has 2 rings (SSSR count). The molecule has 1 unspecified atom stereocenters. The van der Waals surface area contributed by atoms with Crippen LogP contribution in [0.4, 0.5) is 4.79 Å². The Morgan fingerprint density at radius 2 is 2.36 bits per heavy atom. The van der Waals surface area contributed by atoms with E-state index in [0.717, 1.165) is 15.6 Å². The summed E-state index contributed by atoms with van der Waals surface area (Å²) >= 11 is 3.43. The van der Waals surface area contributed by atoms with Gasteiger partial charge in [0.05, 0.1) is 6.04 Å². The molecular weight excluding hydrogens is 246 g/mol. The molecule has 0 spiro atoms. The highest BCUT2D eigenvalue weighted by atomic mass is 79.9. The summed E-state index contributed by atoms with van der Waals surface area (Å²) < 4.78 is 5.90. The van der Waals surface area contributed by atoms with Gasteiger partial charge in [0.1, 0.15) is 6.61 Å². The van der Waals surface area contributed by atoms with Crippen molar-refractivity contribution in [3.05, 3.63) is 33.8 Å². The van der Waals surface area contributed by atoms with Crippen LogP contribution in [0.1, 0.15) is 17.2 Å². The van der Waals surface area contributed by atoms with Crippen LogP contribution in [-0.2, 0) is 4.74 Å². The molecular formula is C10H10BrNO2. The first kappa shape index (κ1) is 9.52. The Morgan fingerprint density at radius 3 is 2.93 bits per heavy atom. The minimum atomic E-state index is -0.337. The molecule has 1 aliphatic rings. The average molecular weight is 256 g/mol. The van der Waals surface area contributed by atoms with E-state index < -0.39 is 0 Å². The molecule has 0 bridgehead atoms. The van der Waals surface area contributed by atoms with Crippen molar-refractivity contribution in [3.63, 3.8) is 0 Å². The van der Waals surface area contributed by atoms with Crippen molar-refractivity contribution in [2.45, 2.75) is 13.0 Å². The normalized spacial score (nSPS) is 20.4. The zero-order chi connectivity index (χ0) is 10.1. The Kier molecular flexibility index (Phi) is 2.46. The van der Waals surface area contributed by atoms with Gasteiger partial charge in [-0.05, 0) is 24.1 Å². The number of carbonyl (C=O) groups is 1. The van der Waals surface area contributed by atoms with Gasteiger partial charge in [0.15, 0.2) is 0 Å². The Bertz CT molecular complexity index is 378. The van der Waals surface area contributed by atoms with Crippen molar-refractivity contribution in [3.8, 4) is 0 Å². The summed E-state index contributed by atoms with van der Waals surface area (Å²) in [5.74, 6) is 0. The predicted molar refractivity (Wildman–Crippen MR) is 56.1 cm³/mol. The summed E-state index contributed by atoms with van der Waals surface area (Å²) in [4.78, 5) is 10.8. The second-order valence-corrected chi connectivity index (χ2v) is 4.16. The number of alkyl carbamates (subject to hydrolysis) is 1. The molecule has 1 fully saturated rings. The molecule has 14 heavy (non-hydrogen) atoms. The smallest absolute Gasteiger partial charge is 0.407 e. The van der Waals surface area contributed by atoms with Gasteiger partial charge in [-0.1, -0.05) is 28.1 Å². The lowest BCUT2D eigenvalue weighted by Crippen LogP contribution is -2.18. The van der Waals surface area contributed by atoms with Crippen molar-refractivity contribution in [1.82, 2.24) is 5.32 Å². The van der Waals surface area contributed by atoms with E-state index in [1.54, 1.807) is 0 Å². The number of hydrogen-bond acceptors (Lipinski definition) is 2. The van der Waals surface area contributed by atoms with Gasteiger partial charge in [0, 0.05) is 4.47 Å². The van der Waals surface area contributed by atoms with E-state index >= 15 is 0 Å². The molecule has 1 saturated heterocycles. The van der Waals surface area contributed by atoms with Gasteiger partial charge in [0.25, 0.3) is 0 Å². The van der Waals surface area contributed by atoms with E-state index in [-0.39, 0.29) is 12.1 Å². The molecule has 1 atom stereocenters. The Balaban J connectivity index is 2.24. The van der Waals surface area contributed by atoms with E-state index in [2.05, 4.69) is 21.2 Å². The fraction of sp³-hybridized carbons (Fsp3) is 0.300. The minimum Gasteiger partial charge on any atom is -0.447 e. The van der Waals surface area contributed by atoms with E-state index in [1.165, 1.54) is 0 Å². The fourth-order valence-electron chi connectivity index (χ4n) is 1.45. The maximum atomic E-state index is 10.8. The van der Waals surface area contributed by atoms with Crippen molar-refractivity contribution in [1.29, 1.82) is 0 Å². The number of halogens is 1. The number of rotatable bonds is 1. The topological polar surface area (TPSA) is 38.3 Å². The monoisotopic (exact) mass is 255 g/mol. The van der Waals surface area contributed by atoms with Crippen LogP contribution in [-0.4, -0.2) is 12.7 Å². The van der Waals surface area contributed by atoms with Gasteiger partial charge in [-0.15, -0.1) is 0 Å². The molecule has 1 aliphatic heterocycles. The number of carbonyl (C=O) groups excluding carboxylic acids is 1. The van der Waals surface area contributed by atoms with Gasteiger partial charge in [0.2, 0.25) is 0 Å². The first-order valence-electron chi connectivity index (χ1n) is 4.36. The molecule has 1 aromatic carbocycles. The number of aryl methyl sites for hydroxylation is 1. The molecule has 0 aromatic heterocycles. The standard InChI is InChI=1S/C10H10BrNO2/c1-6-4-7(2-3-8(6)11)9-5-14-10(13)12-9/h2-4,9H,5H2,1H3,(H,12,13). The quantitative estimate of drug-likeness (QED) is 0.838. The summed E-state index contributed by atoms with van der Waals surface area (Å²) in [7, 11) is 0. The van der Waals surface area contributed by atoms with Crippen molar-refractivity contribution >= 4 is 22.0 Å². The summed E-state index contributed by atoms with van der Waals surface area (Å²) in [5.41, 5.74) is 2.24. The third kappa shape index (κ3) is 1.75. The van der Waals surface area contributed by atoms with Crippen LogP contribution in [0.15, 0.2) is 22.7 Å². The molecule has 74 valence electrons. The summed E-state index contributed by atoms with van der Waals surface area (Å²) in [5, 5.41) is 2.74. The predicted octanol–water partition coefficient (Wildman–Crippen LogP) is 2.54. The maximum Gasteiger partial charge on any atom is 0.407 e. The zero-order valence-corrected chi connectivity index (χ0v) is 9.30. The van der Waals surface area contributed by atoms with Crippen LogP contribution in [0.3, 0.4) is 0 Å². The molecule has 1 aromatic rings. The summed E-state index contributed by atoms with van der Waals surface area (Å²) in [6.07, 6.45) is -0.337. The molecule has 1 heterocycles. The SMILES string of the molecule is Cc1cc(C2COC(=O)N2)ccc1Br. The molecule has 4 heteroatoms. The second kappa shape index (κ2) is 3.61. The lowest BCUT2D eigenvalue weighted by molar-refractivity contribution is 0.177. The van der Waals surface area contributed by atoms with Crippen LogP contribution in [0.2, 0.25) is 0 Å². The highest BCUT2D eigenvalue weighted by Crippen LogP contribution is 2.23. The first-order valence-corrected chi connectivity index (χ1v) is 5.15. The second-order valence-electron chi connectivity index (χ2n) is 3.30. The number of nitrogens with one attached hydrogen (secondary N) is 1. The number of hydrogen-bond donors (Lipinski definition) is 1. The molecule has 1 amide bonds. The highest BCUT2D eigenvalue weighted by Gasteiger charge is 2.23. The Hall–Kier alpha value is -1.03. The Morgan fingerprint density at radius 1 is 1.57 bits per heavy atom. The first-order chi connectivity index (χ1) is 6.66. The Labute approximate surface area is 90.6 Å². The number of benzene rings is 1. The van der Waals surface area contributed by atoms with Crippen LogP contribution < -0.4 is 5.32 Å². The molecule has 0 aliphatic carbocycles. The van der Waals surface area contributed by atoms with Gasteiger partial charge < -0.3 is 10.1 Å². The largest absolute Gasteiger partial charge is 0.447 e. The van der Waals surface area contributed by atoms with E-state index in [1.807, 2.05) is 25.1 Å². The zero-order valence-electron chi connectivity index (χ0n) is 7.71. The van der Waals surface area contributed by atoms with E-state index in [0.29, 0.717) is 6.61 Å². The molecule has 0 saturated carbocycles. The lowest BCUT2D eigenvalue weighted by Gasteiger charge is -2.09. The van der Waals surface area contributed by atoms with Crippen molar-refractivity contribution < 1.29 is 9.53 Å². The van der Waals surface area contributed by atoms with Crippen LogP contribution in [0, 0.1) is 6.92 Å². The van der Waals surface area contributed by atoms with Crippen LogP contribution >= 0.6 is 15.9 Å². The van der Waals surface area contributed by atoms with E-state index in [4.69, 9.17) is 4.74 Å². The molecule has 3 nitrogen and oxygen atoms in total. The van der Waals surface area contributed by atoms with E-state index in [9.17, 15) is 4.79 Å². The maximum absolute atomic E-state index is 10.8. The summed E-state index contributed by atoms with van der Waals surface area (Å²) in [6, 6.07) is 6.00. The van der Waals surface area contributed by atoms with Gasteiger partial charge in [-0.3, -0.25) is 0 Å². The highest BCUT2D eigenvalue weighted by molar-refractivity contribution is 9.10. The van der Waals surface area contributed by atoms with Crippen molar-refractivity contribution in [2.75, 3.05) is 6.61 Å². The number of ether oxygens (including phenoxy) is 1. The average Bonchev–Trinajstić information content (AvgIpc) is 2.57.